The number of rotatable bonds is 5. The third-order valence-corrected chi connectivity index (χ3v) is 3.88. The van der Waals surface area contributed by atoms with Gasteiger partial charge in [0, 0.05) is 12.7 Å². The van der Waals surface area contributed by atoms with Crippen LogP contribution in [0.25, 0.3) is 0 Å². The number of aromatic nitrogens is 2. The minimum Gasteiger partial charge on any atom is -0.486 e. The summed E-state index contributed by atoms with van der Waals surface area (Å²) in [5.41, 5.74) is 1.02. The molecule has 1 unspecified atom stereocenters. The lowest BCUT2D eigenvalue weighted by molar-refractivity contribution is -0.124. The van der Waals surface area contributed by atoms with Gasteiger partial charge in [-0.1, -0.05) is 12.1 Å². The summed E-state index contributed by atoms with van der Waals surface area (Å²) < 4.78 is 17.9. The van der Waals surface area contributed by atoms with Gasteiger partial charge in [0.05, 0.1) is 12.7 Å². The molecule has 2 heterocycles. The monoisotopic (exact) mass is 345 g/mol. The van der Waals surface area contributed by atoms with E-state index in [2.05, 4.69) is 10.4 Å². The van der Waals surface area contributed by atoms with Crippen LogP contribution in [0.1, 0.15) is 16.1 Å². The summed E-state index contributed by atoms with van der Waals surface area (Å²) in [6.07, 6.45) is 1.12. The van der Waals surface area contributed by atoms with Gasteiger partial charge in [0.25, 0.3) is 5.91 Å². The number of nitrogens with one attached hydrogen (secondary N) is 1. The molecule has 0 saturated heterocycles. The second kappa shape index (κ2) is 7.25. The summed E-state index contributed by atoms with van der Waals surface area (Å²) in [6, 6.07) is 7.34. The van der Waals surface area contributed by atoms with Crippen LogP contribution in [-0.4, -0.2) is 47.5 Å². The molecule has 1 N–H and O–H groups in total. The number of ether oxygens (including phenoxy) is 3. The molecule has 1 aliphatic rings. The van der Waals surface area contributed by atoms with Crippen molar-refractivity contribution in [1.29, 1.82) is 0 Å². The lowest BCUT2D eigenvalue weighted by Crippen LogP contribution is -2.42. The summed E-state index contributed by atoms with van der Waals surface area (Å²) >= 11 is 0. The number of para-hydroxylation sites is 2. The normalized spacial score (nSPS) is 15.5. The predicted molar refractivity (Wildman–Crippen MR) is 87.6 cm³/mol. The van der Waals surface area contributed by atoms with Crippen molar-refractivity contribution in [1.82, 2.24) is 15.1 Å². The molecule has 1 atom stereocenters. The van der Waals surface area contributed by atoms with Crippen LogP contribution < -0.4 is 14.8 Å². The summed E-state index contributed by atoms with van der Waals surface area (Å²) in [7, 11) is 1.73. The Morgan fingerprint density at radius 1 is 1.36 bits per heavy atom. The summed E-state index contributed by atoms with van der Waals surface area (Å²) in [5.74, 6) is 0.349. The fourth-order valence-electron chi connectivity index (χ4n) is 2.35. The molecule has 8 nitrogen and oxygen atoms in total. The number of amides is 1. The minimum atomic E-state index is -0.577. The first-order chi connectivity index (χ1) is 12.0. The Kier molecular flexibility index (Phi) is 4.87. The van der Waals surface area contributed by atoms with Crippen LogP contribution >= 0.6 is 0 Å². The van der Waals surface area contributed by atoms with Crippen LogP contribution in [0, 0.1) is 6.92 Å². The molecule has 0 fully saturated rings. The number of carbonyl (C=O) groups is 2. The molecule has 1 aromatic heterocycles. The number of carbonyl (C=O) groups excluding carboxylic acids is 2. The first-order valence-electron chi connectivity index (χ1n) is 7.85. The second-order valence-corrected chi connectivity index (χ2v) is 5.65. The van der Waals surface area contributed by atoms with E-state index in [-0.39, 0.29) is 19.3 Å². The molecule has 1 amide bonds. The number of benzene rings is 1. The number of aryl methyl sites for hydroxylation is 1. The quantitative estimate of drug-likeness (QED) is 0.808. The van der Waals surface area contributed by atoms with Crippen molar-refractivity contribution in [2.45, 2.75) is 13.0 Å². The van der Waals surface area contributed by atoms with Gasteiger partial charge in [-0.15, -0.1) is 0 Å². The van der Waals surface area contributed by atoms with Gasteiger partial charge in [0.15, 0.2) is 18.1 Å². The smallest absolute Gasteiger partial charge is 0.342 e. The van der Waals surface area contributed by atoms with Crippen molar-refractivity contribution in [3.05, 3.63) is 41.7 Å². The van der Waals surface area contributed by atoms with E-state index in [4.69, 9.17) is 14.2 Å². The molecule has 1 aromatic carbocycles. The highest BCUT2D eigenvalue weighted by molar-refractivity contribution is 5.92. The highest BCUT2D eigenvalue weighted by atomic mass is 16.6. The molecule has 2 aromatic rings. The Labute approximate surface area is 144 Å². The van der Waals surface area contributed by atoms with Gasteiger partial charge in [0.1, 0.15) is 18.3 Å². The lowest BCUT2D eigenvalue weighted by Gasteiger charge is -2.26. The van der Waals surface area contributed by atoms with Crippen LogP contribution in [0.3, 0.4) is 0 Å². The van der Waals surface area contributed by atoms with Crippen LogP contribution in [-0.2, 0) is 16.6 Å². The number of hydrogen-bond acceptors (Lipinski definition) is 6. The van der Waals surface area contributed by atoms with Gasteiger partial charge in [-0.3, -0.25) is 9.48 Å². The minimum absolute atomic E-state index is 0.261. The average molecular weight is 345 g/mol. The van der Waals surface area contributed by atoms with Crippen molar-refractivity contribution >= 4 is 11.9 Å². The van der Waals surface area contributed by atoms with Gasteiger partial charge in [0.2, 0.25) is 0 Å². The zero-order valence-corrected chi connectivity index (χ0v) is 14.0. The maximum atomic E-state index is 11.9. The van der Waals surface area contributed by atoms with Gasteiger partial charge >= 0.3 is 5.97 Å². The molecule has 0 radical (unpaired) electrons. The van der Waals surface area contributed by atoms with Crippen LogP contribution in [0.15, 0.2) is 30.5 Å². The van der Waals surface area contributed by atoms with Crippen LogP contribution in [0.5, 0.6) is 11.5 Å². The molecule has 3 rings (SSSR count). The fraction of sp³-hybridized carbons (Fsp3) is 0.353. The van der Waals surface area contributed by atoms with Gasteiger partial charge in [-0.25, -0.2) is 4.79 Å². The van der Waals surface area contributed by atoms with Crippen molar-refractivity contribution in [2.24, 2.45) is 7.05 Å². The Bertz CT molecular complexity index is 786. The largest absolute Gasteiger partial charge is 0.486 e. The Morgan fingerprint density at radius 2 is 2.12 bits per heavy atom. The van der Waals surface area contributed by atoms with Gasteiger partial charge < -0.3 is 19.5 Å². The van der Waals surface area contributed by atoms with E-state index < -0.39 is 11.9 Å². The Morgan fingerprint density at radius 3 is 2.84 bits per heavy atom. The van der Waals surface area contributed by atoms with Crippen LogP contribution in [0.2, 0.25) is 0 Å². The molecule has 0 saturated carbocycles. The number of nitrogens with zero attached hydrogens (tertiary/aromatic N) is 2. The molecule has 1 aliphatic heterocycles. The number of hydrogen-bond donors (Lipinski definition) is 1. The average Bonchev–Trinajstić information content (AvgIpc) is 2.96. The van der Waals surface area contributed by atoms with Gasteiger partial charge in [-0.05, 0) is 19.1 Å². The van der Waals surface area contributed by atoms with E-state index in [1.165, 1.54) is 6.20 Å². The first kappa shape index (κ1) is 16.8. The van der Waals surface area contributed by atoms with E-state index in [1.54, 1.807) is 24.7 Å². The van der Waals surface area contributed by atoms with Crippen molar-refractivity contribution in [3.63, 3.8) is 0 Å². The van der Waals surface area contributed by atoms with Crippen molar-refractivity contribution < 1.29 is 23.8 Å². The summed E-state index contributed by atoms with van der Waals surface area (Å²) in [5, 5.41) is 6.63. The molecule has 0 spiro atoms. The topological polar surface area (TPSA) is 91.7 Å². The molecule has 8 heteroatoms. The first-order valence-corrected chi connectivity index (χ1v) is 7.85. The summed E-state index contributed by atoms with van der Waals surface area (Å²) in [6.45, 7) is 1.99. The van der Waals surface area contributed by atoms with Crippen molar-refractivity contribution in [3.8, 4) is 11.5 Å². The van der Waals surface area contributed by atoms with E-state index in [0.717, 1.165) is 0 Å². The fourth-order valence-corrected chi connectivity index (χ4v) is 2.35. The third kappa shape index (κ3) is 3.90. The molecule has 132 valence electrons. The van der Waals surface area contributed by atoms with Crippen molar-refractivity contribution in [2.75, 3.05) is 19.8 Å². The SMILES string of the molecule is Cc1c(C(=O)OCC(=O)NCC2COc3ccccc3O2)cnn1C. The van der Waals surface area contributed by atoms with E-state index in [0.29, 0.717) is 29.4 Å². The number of fused-ring (bicyclic) bond motifs is 1. The van der Waals surface area contributed by atoms with Gasteiger partial charge in [-0.2, -0.15) is 5.10 Å². The Hall–Kier alpha value is -3.03. The zero-order valence-electron chi connectivity index (χ0n) is 14.0. The molecule has 0 bridgehead atoms. The third-order valence-electron chi connectivity index (χ3n) is 3.88. The highest BCUT2D eigenvalue weighted by Gasteiger charge is 2.21. The molecular formula is C17H19N3O5. The molecule has 0 aliphatic carbocycles. The summed E-state index contributed by atoms with van der Waals surface area (Å²) in [4.78, 5) is 23.8. The standard InChI is InChI=1S/C17H19N3O5/c1-11-13(8-19-20(11)2)17(22)24-10-16(21)18-7-12-9-23-14-5-3-4-6-15(14)25-12/h3-6,8,12H,7,9-10H2,1-2H3,(H,18,21). The maximum Gasteiger partial charge on any atom is 0.342 e. The highest BCUT2D eigenvalue weighted by Crippen LogP contribution is 2.30. The van der Waals surface area contributed by atoms with E-state index in [9.17, 15) is 9.59 Å². The number of esters is 1. The van der Waals surface area contributed by atoms with E-state index in [1.807, 2.05) is 18.2 Å². The lowest BCUT2D eigenvalue weighted by atomic mass is 10.2. The molecule has 25 heavy (non-hydrogen) atoms. The predicted octanol–water partition coefficient (Wildman–Crippen LogP) is 0.842. The Balaban J connectivity index is 1.43. The van der Waals surface area contributed by atoms with E-state index >= 15 is 0 Å². The second-order valence-electron chi connectivity index (χ2n) is 5.65. The maximum absolute atomic E-state index is 11.9. The molecular weight excluding hydrogens is 326 g/mol. The van der Waals surface area contributed by atoms with Crippen LogP contribution in [0.4, 0.5) is 0 Å². The zero-order chi connectivity index (χ0) is 17.8.